The van der Waals surface area contributed by atoms with Crippen LogP contribution in [0.4, 0.5) is 0 Å². The highest BCUT2D eigenvalue weighted by Crippen LogP contribution is 2.18. The number of rotatable bonds is 5. The van der Waals surface area contributed by atoms with Crippen molar-refractivity contribution < 1.29 is 4.74 Å². The van der Waals surface area contributed by atoms with Crippen LogP contribution in [0.25, 0.3) is 11.5 Å². The molecule has 0 aliphatic heterocycles. The Kier molecular flexibility index (Phi) is 3.93. The molecule has 98 valence electrons. The van der Waals surface area contributed by atoms with Crippen molar-refractivity contribution in [3.63, 3.8) is 0 Å². The topological polar surface area (TPSA) is 60.7 Å². The lowest BCUT2D eigenvalue weighted by atomic mass is 10.3. The Labute approximate surface area is 111 Å². The Balaban J connectivity index is 2.46. The molecular weight excluding hydrogens is 250 g/mol. The highest BCUT2D eigenvalue weighted by atomic mass is 32.1. The van der Waals surface area contributed by atoms with E-state index in [1.54, 1.807) is 7.11 Å². The van der Waals surface area contributed by atoms with E-state index in [1.165, 1.54) is 0 Å². The van der Waals surface area contributed by atoms with E-state index in [4.69, 9.17) is 17.0 Å². The fourth-order valence-corrected chi connectivity index (χ4v) is 2.09. The smallest absolute Gasteiger partial charge is 0.195 e. The van der Waals surface area contributed by atoms with Crippen molar-refractivity contribution in [1.82, 2.24) is 24.5 Å². The normalized spacial score (nSPS) is 11.1. The first kappa shape index (κ1) is 13.0. The summed E-state index contributed by atoms with van der Waals surface area (Å²) in [6.07, 6.45) is 0. The van der Waals surface area contributed by atoms with Gasteiger partial charge < -0.3 is 4.74 Å². The van der Waals surface area contributed by atoms with Crippen LogP contribution in [0.1, 0.15) is 12.6 Å². The first-order valence-corrected chi connectivity index (χ1v) is 6.27. The third-order valence-electron chi connectivity index (χ3n) is 2.71. The standard InChI is InChI=1S/C11H17N5OS/c1-4-16-9(7-8(2)14-16)10-12-13-11(18)15(10)5-6-17-3/h7H,4-6H2,1-3H3,(H,13,18). The summed E-state index contributed by atoms with van der Waals surface area (Å²) in [6, 6.07) is 2.01. The maximum Gasteiger partial charge on any atom is 0.195 e. The summed E-state index contributed by atoms with van der Waals surface area (Å²) in [4.78, 5) is 0. The van der Waals surface area contributed by atoms with Crippen molar-refractivity contribution in [3.8, 4) is 11.5 Å². The molecule has 2 rings (SSSR count). The SMILES string of the molecule is CCn1nc(C)cc1-c1n[nH]c(=S)n1CCOC. The number of ether oxygens (including phenoxy) is 1. The van der Waals surface area contributed by atoms with Crippen molar-refractivity contribution in [2.75, 3.05) is 13.7 Å². The van der Waals surface area contributed by atoms with E-state index < -0.39 is 0 Å². The van der Waals surface area contributed by atoms with Crippen LogP contribution >= 0.6 is 12.2 Å². The van der Waals surface area contributed by atoms with Gasteiger partial charge >= 0.3 is 0 Å². The van der Waals surface area contributed by atoms with E-state index in [-0.39, 0.29) is 0 Å². The number of H-pyrrole nitrogens is 1. The second kappa shape index (κ2) is 5.45. The van der Waals surface area contributed by atoms with Crippen molar-refractivity contribution >= 4 is 12.2 Å². The average Bonchev–Trinajstić information content (AvgIpc) is 2.90. The van der Waals surface area contributed by atoms with Crippen LogP contribution in [0.5, 0.6) is 0 Å². The minimum Gasteiger partial charge on any atom is -0.383 e. The number of aryl methyl sites for hydroxylation is 2. The Morgan fingerprint density at radius 2 is 2.28 bits per heavy atom. The average molecular weight is 267 g/mol. The molecule has 0 aromatic carbocycles. The monoisotopic (exact) mass is 267 g/mol. The lowest BCUT2D eigenvalue weighted by Crippen LogP contribution is -2.09. The van der Waals surface area contributed by atoms with Crippen LogP contribution in [-0.2, 0) is 17.8 Å². The second-order valence-electron chi connectivity index (χ2n) is 3.98. The molecule has 0 aliphatic rings. The van der Waals surface area contributed by atoms with E-state index in [2.05, 4.69) is 22.2 Å². The van der Waals surface area contributed by atoms with Gasteiger partial charge in [-0.2, -0.15) is 10.2 Å². The third-order valence-corrected chi connectivity index (χ3v) is 3.02. The molecule has 7 heteroatoms. The first-order valence-electron chi connectivity index (χ1n) is 5.86. The summed E-state index contributed by atoms with van der Waals surface area (Å²) in [5, 5.41) is 11.5. The van der Waals surface area contributed by atoms with E-state index in [1.807, 2.05) is 22.2 Å². The van der Waals surface area contributed by atoms with E-state index >= 15 is 0 Å². The summed E-state index contributed by atoms with van der Waals surface area (Å²) >= 11 is 5.23. The largest absolute Gasteiger partial charge is 0.383 e. The van der Waals surface area contributed by atoms with Crippen LogP contribution in [-0.4, -0.2) is 38.3 Å². The fourth-order valence-electron chi connectivity index (χ4n) is 1.87. The summed E-state index contributed by atoms with van der Waals surface area (Å²) < 4.78 is 9.54. The van der Waals surface area contributed by atoms with Crippen LogP contribution in [0.2, 0.25) is 0 Å². The molecule has 0 aliphatic carbocycles. The Hall–Kier alpha value is -1.47. The lowest BCUT2D eigenvalue weighted by Gasteiger charge is -2.07. The van der Waals surface area contributed by atoms with E-state index in [0.29, 0.717) is 17.9 Å². The quantitative estimate of drug-likeness (QED) is 0.839. The highest BCUT2D eigenvalue weighted by Gasteiger charge is 2.14. The second-order valence-corrected chi connectivity index (χ2v) is 4.37. The van der Waals surface area contributed by atoms with Gasteiger partial charge in [0.2, 0.25) is 0 Å². The van der Waals surface area contributed by atoms with Gasteiger partial charge in [-0.15, -0.1) is 0 Å². The molecule has 0 fully saturated rings. The van der Waals surface area contributed by atoms with Crippen molar-refractivity contribution in [3.05, 3.63) is 16.5 Å². The van der Waals surface area contributed by atoms with Gasteiger partial charge in [-0.05, 0) is 32.1 Å². The molecule has 6 nitrogen and oxygen atoms in total. The third kappa shape index (κ3) is 2.37. The summed E-state index contributed by atoms with van der Waals surface area (Å²) in [5.74, 6) is 0.805. The van der Waals surface area contributed by atoms with Crippen molar-refractivity contribution in [1.29, 1.82) is 0 Å². The predicted molar refractivity (Wildman–Crippen MR) is 70.9 cm³/mol. The zero-order valence-corrected chi connectivity index (χ0v) is 11.6. The van der Waals surface area contributed by atoms with Crippen LogP contribution in [0, 0.1) is 11.7 Å². The molecule has 0 radical (unpaired) electrons. The van der Waals surface area contributed by atoms with Crippen molar-refractivity contribution in [2.24, 2.45) is 0 Å². The molecule has 1 N–H and O–H groups in total. The van der Waals surface area contributed by atoms with Gasteiger partial charge in [0.1, 0.15) is 5.69 Å². The number of aromatic amines is 1. The number of aromatic nitrogens is 5. The van der Waals surface area contributed by atoms with E-state index in [0.717, 1.165) is 23.8 Å². The molecule has 2 aromatic heterocycles. The molecule has 0 spiro atoms. The number of nitrogens with one attached hydrogen (secondary N) is 1. The Bertz CT molecular complexity index is 583. The zero-order valence-electron chi connectivity index (χ0n) is 10.8. The first-order chi connectivity index (χ1) is 8.67. The predicted octanol–water partition coefficient (Wildman–Crippen LogP) is 1.78. The lowest BCUT2D eigenvalue weighted by molar-refractivity contribution is 0.187. The maximum absolute atomic E-state index is 5.23. The van der Waals surface area contributed by atoms with Gasteiger partial charge in [-0.3, -0.25) is 14.3 Å². The molecule has 0 saturated heterocycles. The van der Waals surface area contributed by atoms with Gasteiger partial charge in [-0.25, -0.2) is 0 Å². The number of hydrogen-bond donors (Lipinski definition) is 1. The molecule has 0 bridgehead atoms. The van der Waals surface area contributed by atoms with Gasteiger partial charge in [0, 0.05) is 13.7 Å². The molecule has 2 aromatic rings. The van der Waals surface area contributed by atoms with Crippen LogP contribution < -0.4 is 0 Å². The molecule has 18 heavy (non-hydrogen) atoms. The number of methoxy groups -OCH3 is 1. The molecule has 0 unspecified atom stereocenters. The van der Waals surface area contributed by atoms with E-state index in [9.17, 15) is 0 Å². The summed E-state index contributed by atoms with van der Waals surface area (Å²) in [6.45, 7) is 6.09. The summed E-state index contributed by atoms with van der Waals surface area (Å²) in [5.41, 5.74) is 1.94. The fraction of sp³-hybridized carbons (Fsp3) is 0.545. The van der Waals surface area contributed by atoms with Crippen LogP contribution in [0.3, 0.4) is 0 Å². The Morgan fingerprint density at radius 3 is 2.94 bits per heavy atom. The van der Waals surface area contributed by atoms with Crippen LogP contribution in [0.15, 0.2) is 6.07 Å². The number of nitrogens with zero attached hydrogens (tertiary/aromatic N) is 4. The zero-order chi connectivity index (χ0) is 13.1. The molecule has 2 heterocycles. The molecule has 0 saturated carbocycles. The van der Waals surface area contributed by atoms with Gasteiger partial charge in [0.05, 0.1) is 18.8 Å². The van der Waals surface area contributed by atoms with Crippen molar-refractivity contribution in [2.45, 2.75) is 26.9 Å². The minimum absolute atomic E-state index is 0.597. The molecular formula is C11H17N5OS. The molecule has 0 atom stereocenters. The Morgan fingerprint density at radius 1 is 1.50 bits per heavy atom. The molecule has 0 amide bonds. The number of hydrogen-bond acceptors (Lipinski definition) is 4. The maximum atomic E-state index is 5.23. The minimum atomic E-state index is 0.597. The van der Waals surface area contributed by atoms with Gasteiger partial charge in [-0.1, -0.05) is 0 Å². The highest BCUT2D eigenvalue weighted by molar-refractivity contribution is 7.71. The summed E-state index contributed by atoms with van der Waals surface area (Å²) in [7, 11) is 1.67. The van der Waals surface area contributed by atoms with Gasteiger partial charge in [0.25, 0.3) is 0 Å². The van der Waals surface area contributed by atoms with Gasteiger partial charge in [0.15, 0.2) is 10.6 Å².